The van der Waals surface area contributed by atoms with E-state index in [1.54, 1.807) is 6.07 Å². The van der Waals surface area contributed by atoms with Crippen molar-refractivity contribution < 1.29 is 14.0 Å². The highest BCUT2D eigenvalue weighted by Gasteiger charge is 2.37. The molecule has 1 saturated carbocycles. The Hall–Kier alpha value is -1.56. The molecular weight excluding hydrogens is 339 g/mol. The van der Waals surface area contributed by atoms with Gasteiger partial charge in [-0.2, -0.15) is 0 Å². The monoisotopic (exact) mass is 362 g/mol. The number of rotatable bonds is 3. The first-order valence-corrected chi connectivity index (χ1v) is 10.1. The van der Waals surface area contributed by atoms with Crippen molar-refractivity contribution in [1.29, 1.82) is 0 Å². The van der Waals surface area contributed by atoms with E-state index < -0.39 is 0 Å². The van der Waals surface area contributed by atoms with Gasteiger partial charge >= 0.3 is 0 Å². The van der Waals surface area contributed by atoms with Crippen LogP contribution < -0.4 is 5.32 Å². The Morgan fingerprint density at radius 3 is 2.80 bits per heavy atom. The van der Waals surface area contributed by atoms with Gasteiger partial charge in [0.1, 0.15) is 5.82 Å². The highest BCUT2D eigenvalue weighted by Crippen LogP contribution is 2.38. The van der Waals surface area contributed by atoms with Crippen molar-refractivity contribution >= 4 is 23.6 Å². The number of fused-ring (bicyclic) bond motifs is 1. The van der Waals surface area contributed by atoms with Gasteiger partial charge in [-0.25, -0.2) is 4.39 Å². The van der Waals surface area contributed by atoms with Crippen LogP contribution in [0.2, 0.25) is 0 Å². The molecular formula is C19H23FN2O2S. The fourth-order valence-electron chi connectivity index (χ4n) is 3.81. The third-order valence-corrected chi connectivity index (χ3v) is 6.53. The van der Waals surface area contributed by atoms with Gasteiger partial charge in [-0.3, -0.25) is 9.59 Å². The Morgan fingerprint density at radius 1 is 1.16 bits per heavy atom. The Labute approximate surface area is 151 Å². The molecule has 0 spiro atoms. The molecule has 2 fully saturated rings. The van der Waals surface area contributed by atoms with Gasteiger partial charge in [0.25, 0.3) is 0 Å². The summed E-state index contributed by atoms with van der Waals surface area (Å²) in [7, 11) is 0. The maximum atomic E-state index is 14.0. The summed E-state index contributed by atoms with van der Waals surface area (Å²) in [6, 6.07) is 4.95. The lowest BCUT2D eigenvalue weighted by Crippen LogP contribution is -2.46. The Balaban J connectivity index is 1.42. The fraction of sp³-hybridized carbons (Fsp3) is 0.579. The van der Waals surface area contributed by atoms with Crippen LogP contribution in [0.1, 0.15) is 43.7 Å². The summed E-state index contributed by atoms with van der Waals surface area (Å²) in [4.78, 5) is 27.6. The lowest BCUT2D eigenvalue weighted by molar-refractivity contribution is -0.137. The molecule has 2 heterocycles. The van der Waals surface area contributed by atoms with Crippen LogP contribution in [0.25, 0.3) is 0 Å². The van der Waals surface area contributed by atoms with E-state index in [2.05, 4.69) is 5.32 Å². The number of halogens is 1. The molecule has 0 bridgehead atoms. The summed E-state index contributed by atoms with van der Waals surface area (Å²) in [6.45, 7) is 1.30. The molecule has 3 aliphatic rings. The van der Waals surface area contributed by atoms with Crippen LogP contribution in [0.4, 0.5) is 4.39 Å². The second-order valence-corrected chi connectivity index (χ2v) is 8.36. The smallest absolute Gasteiger partial charge is 0.225 e. The number of piperidine rings is 1. The van der Waals surface area contributed by atoms with Crippen LogP contribution in [-0.4, -0.2) is 35.6 Å². The number of likely N-dealkylation sites (tertiary alicyclic amines) is 1. The summed E-state index contributed by atoms with van der Waals surface area (Å²) in [5.74, 6) is 0.866. The molecule has 4 nitrogen and oxygen atoms in total. The van der Waals surface area contributed by atoms with Crippen LogP contribution in [0.3, 0.4) is 0 Å². The van der Waals surface area contributed by atoms with Gasteiger partial charge in [-0.15, -0.1) is 11.8 Å². The zero-order chi connectivity index (χ0) is 17.4. The normalized spacial score (nSPS) is 26.0. The summed E-state index contributed by atoms with van der Waals surface area (Å²) >= 11 is 1.52. The van der Waals surface area contributed by atoms with Crippen molar-refractivity contribution in [2.45, 2.75) is 43.0 Å². The number of hydrogen-bond acceptors (Lipinski definition) is 3. The van der Waals surface area contributed by atoms with Gasteiger partial charge < -0.3 is 10.2 Å². The van der Waals surface area contributed by atoms with E-state index in [9.17, 15) is 14.0 Å². The van der Waals surface area contributed by atoms with Gasteiger partial charge in [0.2, 0.25) is 11.8 Å². The number of hydrogen-bond donors (Lipinski definition) is 1. The SMILES string of the molecule is O=C(NC1CCSc2c(F)cccc21)C1CCCN(C(=O)C2CC2)C1. The van der Waals surface area contributed by atoms with Crippen molar-refractivity contribution in [1.82, 2.24) is 10.2 Å². The molecule has 0 radical (unpaired) electrons. The second-order valence-electron chi connectivity index (χ2n) is 7.25. The number of carbonyl (C=O) groups excluding carboxylic acids is 2. The quantitative estimate of drug-likeness (QED) is 0.899. The van der Waals surface area contributed by atoms with Gasteiger partial charge in [0, 0.05) is 29.7 Å². The molecule has 2 amide bonds. The highest BCUT2D eigenvalue weighted by atomic mass is 32.2. The lowest BCUT2D eigenvalue weighted by atomic mass is 9.95. The Bertz CT molecular complexity index is 692. The summed E-state index contributed by atoms with van der Waals surface area (Å²) in [5.41, 5.74) is 0.881. The number of carbonyl (C=O) groups is 2. The topological polar surface area (TPSA) is 49.4 Å². The van der Waals surface area contributed by atoms with Crippen molar-refractivity contribution in [3.8, 4) is 0 Å². The molecule has 1 N–H and O–H groups in total. The molecule has 0 aromatic heterocycles. The lowest BCUT2D eigenvalue weighted by Gasteiger charge is -2.34. The van der Waals surface area contributed by atoms with E-state index in [0.717, 1.165) is 50.0 Å². The maximum Gasteiger partial charge on any atom is 0.225 e. The average Bonchev–Trinajstić information content (AvgIpc) is 3.47. The van der Waals surface area contributed by atoms with Crippen LogP contribution >= 0.6 is 11.8 Å². The minimum atomic E-state index is -0.208. The summed E-state index contributed by atoms with van der Waals surface area (Å²) in [5, 5.41) is 3.12. The minimum Gasteiger partial charge on any atom is -0.349 e. The van der Waals surface area contributed by atoms with Crippen LogP contribution in [0.5, 0.6) is 0 Å². The molecule has 25 heavy (non-hydrogen) atoms. The van der Waals surface area contributed by atoms with E-state index in [-0.39, 0.29) is 35.5 Å². The molecule has 2 unspecified atom stereocenters. The van der Waals surface area contributed by atoms with E-state index in [0.29, 0.717) is 11.4 Å². The second kappa shape index (κ2) is 6.98. The van der Waals surface area contributed by atoms with Crippen LogP contribution in [-0.2, 0) is 9.59 Å². The number of thioether (sulfide) groups is 1. The first kappa shape index (κ1) is 16.9. The molecule has 1 saturated heterocycles. The number of benzene rings is 1. The Morgan fingerprint density at radius 2 is 2.00 bits per heavy atom. The van der Waals surface area contributed by atoms with Crippen molar-refractivity contribution in [2.75, 3.05) is 18.8 Å². The van der Waals surface area contributed by atoms with Crippen molar-refractivity contribution in [3.63, 3.8) is 0 Å². The van der Waals surface area contributed by atoms with E-state index >= 15 is 0 Å². The third-order valence-electron chi connectivity index (χ3n) is 5.37. The molecule has 2 aliphatic heterocycles. The molecule has 1 aliphatic carbocycles. The predicted octanol–water partition coefficient (Wildman–Crippen LogP) is 3.13. The number of amides is 2. The Kier molecular flexibility index (Phi) is 4.71. The highest BCUT2D eigenvalue weighted by molar-refractivity contribution is 7.99. The summed E-state index contributed by atoms with van der Waals surface area (Å²) < 4.78 is 14.0. The van der Waals surface area contributed by atoms with Gasteiger partial charge in [0.05, 0.1) is 12.0 Å². The van der Waals surface area contributed by atoms with Gasteiger partial charge in [-0.1, -0.05) is 12.1 Å². The standard InChI is InChI=1S/C19H23FN2O2S/c20-15-5-1-4-14-16(8-10-25-17(14)15)21-18(23)13-3-2-9-22(11-13)19(24)12-6-7-12/h1,4-5,12-13,16H,2-3,6-11H2,(H,21,23). The zero-order valence-corrected chi connectivity index (χ0v) is 15.0. The molecule has 1 aromatic rings. The first-order chi connectivity index (χ1) is 12.1. The van der Waals surface area contributed by atoms with E-state index in [1.165, 1.54) is 17.8 Å². The van der Waals surface area contributed by atoms with Crippen molar-refractivity contribution in [3.05, 3.63) is 29.6 Å². The number of nitrogens with zero attached hydrogens (tertiary/aromatic N) is 1. The van der Waals surface area contributed by atoms with Crippen LogP contribution in [0, 0.1) is 17.7 Å². The summed E-state index contributed by atoms with van der Waals surface area (Å²) in [6.07, 6.45) is 4.49. The fourth-order valence-corrected chi connectivity index (χ4v) is 4.95. The third kappa shape index (κ3) is 3.54. The molecule has 134 valence electrons. The zero-order valence-electron chi connectivity index (χ0n) is 14.2. The average molecular weight is 362 g/mol. The van der Waals surface area contributed by atoms with Crippen LogP contribution in [0.15, 0.2) is 23.1 Å². The van der Waals surface area contributed by atoms with E-state index in [1.807, 2.05) is 11.0 Å². The molecule has 1 aromatic carbocycles. The largest absolute Gasteiger partial charge is 0.349 e. The maximum absolute atomic E-state index is 14.0. The minimum absolute atomic E-state index is 0.000378. The predicted molar refractivity (Wildman–Crippen MR) is 94.7 cm³/mol. The first-order valence-electron chi connectivity index (χ1n) is 9.14. The molecule has 4 rings (SSSR count). The van der Waals surface area contributed by atoms with E-state index in [4.69, 9.17) is 0 Å². The van der Waals surface area contributed by atoms with Gasteiger partial charge in [0.15, 0.2) is 0 Å². The van der Waals surface area contributed by atoms with Crippen molar-refractivity contribution in [2.24, 2.45) is 11.8 Å². The molecule has 6 heteroatoms. The molecule has 2 atom stereocenters. The number of nitrogens with one attached hydrogen (secondary N) is 1. The van der Waals surface area contributed by atoms with Gasteiger partial charge in [-0.05, 0) is 43.7 Å².